The van der Waals surface area contributed by atoms with Crippen LogP contribution in [-0.2, 0) is 6.18 Å². The fourth-order valence-electron chi connectivity index (χ4n) is 1.27. The van der Waals surface area contributed by atoms with E-state index in [1.54, 1.807) is 0 Å². The minimum Gasteiger partial charge on any atom is -0.264 e. The highest BCUT2D eigenvalue weighted by atomic mass is 35.5. The van der Waals surface area contributed by atoms with E-state index >= 15 is 0 Å². The van der Waals surface area contributed by atoms with E-state index in [0.29, 0.717) is 0 Å². The summed E-state index contributed by atoms with van der Waals surface area (Å²) in [5.41, 5.74) is -1.23. The van der Waals surface area contributed by atoms with Crippen LogP contribution in [-0.4, -0.2) is 19.9 Å². The van der Waals surface area contributed by atoms with E-state index in [2.05, 4.69) is 19.9 Å². The van der Waals surface area contributed by atoms with Crippen molar-refractivity contribution in [3.8, 4) is 11.4 Å². The molecule has 0 spiro atoms. The summed E-state index contributed by atoms with van der Waals surface area (Å²) in [5, 5.41) is -0.580. The van der Waals surface area contributed by atoms with E-state index in [1.807, 2.05) is 0 Å². The molecule has 0 aliphatic heterocycles. The zero-order chi connectivity index (χ0) is 13.3. The van der Waals surface area contributed by atoms with Gasteiger partial charge in [0.25, 0.3) is 0 Å². The van der Waals surface area contributed by atoms with Crippen LogP contribution < -0.4 is 0 Å². The smallest absolute Gasteiger partial charge is 0.264 e. The van der Waals surface area contributed by atoms with Crippen LogP contribution in [0.1, 0.15) is 5.56 Å². The second-order valence-electron chi connectivity index (χ2n) is 3.12. The Bertz CT molecular complexity index is 568. The molecule has 2 rings (SSSR count). The van der Waals surface area contributed by atoms with Crippen LogP contribution in [0.3, 0.4) is 0 Å². The second kappa shape index (κ2) is 4.66. The molecule has 0 radical (unpaired) electrons. The zero-order valence-corrected chi connectivity index (χ0v) is 9.92. The molecule has 2 aromatic rings. The van der Waals surface area contributed by atoms with Gasteiger partial charge in [-0.2, -0.15) is 28.1 Å². The minimum absolute atomic E-state index is 0.277. The quantitative estimate of drug-likeness (QED) is 0.810. The average molecular weight is 295 g/mol. The van der Waals surface area contributed by atoms with Gasteiger partial charge in [0.2, 0.25) is 10.6 Å². The molecule has 18 heavy (non-hydrogen) atoms. The molecule has 0 bridgehead atoms. The van der Waals surface area contributed by atoms with Crippen molar-refractivity contribution in [3.05, 3.63) is 34.6 Å². The van der Waals surface area contributed by atoms with E-state index in [1.165, 1.54) is 0 Å². The molecule has 0 amide bonds. The first-order chi connectivity index (χ1) is 8.38. The van der Waals surface area contributed by atoms with Crippen LogP contribution >= 0.6 is 23.2 Å². The lowest BCUT2D eigenvalue weighted by Gasteiger charge is -2.10. The summed E-state index contributed by atoms with van der Waals surface area (Å²) >= 11 is 11.0. The van der Waals surface area contributed by atoms with Crippen molar-refractivity contribution in [2.75, 3.05) is 0 Å². The van der Waals surface area contributed by atoms with Crippen molar-refractivity contribution in [2.45, 2.75) is 6.18 Å². The zero-order valence-electron chi connectivity index (χ0n) is 8.41. The molecule has 0 saturated carbocycles. The Kier molecular flexibility index (Phi) is 3.36. The number of pyridine rings is 1. The SMILES string of the molecule is FC(F)(F)c1ccncc1-c1nc(Cl)nc(Cl)n1. The summed E-state index contributed by atoms with van der Waals surface area (Å²) in [5.74, 6) is -0.277. The third-order valence-corrected chi connectivity index (χ3v) is 2.29. The average Bonchev–Trinajstić information content (AvgIpc) is 2.26. The Morgan fingerprint density at radius 3 is 2.17 bits per heavy atom. The molecule has 4 nitrogen and oxygen atoms in total. The fraction of sp³-hybridized carbons (Fsp3) is 0.111. The van der Waals surface area contributed by atoms with Gasteiger partial charge in [0, 0.05) is 18.0 Å². The Hall–Kier alpha value is -1.47. The normalized spacial score (nSPS) is 11.6. The van der Waals surface area contributed by atoms with Gasteiger partial charge in [-0.15, -0.1) is 0 Å². The first-order valence-corrected chi connectivity index (χ1v) is 5.22. The summed E-state index contributed by atoms with van der Waals surface area (Å²) < 4.78 is 38.3. The number of halogens is 5. The van der Waals surface area contributed by atoms with E-state index < -0.39 is 11.7 Å². The lowest BCUT2D eigenvalue weighted by atomic mass is 10.1. The molecule has 0 saturated heterocycles. The van der Waals surface area contributed by atoms with Gasteiger partial charge in [-0.05, 0) is 29.3 Å². The summed E-state index contributed by atoms with van der Waals surface area (Å²) in [4.78, 5) is 14.3. The molecule has 2 heterocycles. The summed E-state index contributed by atoms with van der Waals surface area (Å²) in [6.45, 7) is 0. The van der Waals surface area contributed by atoms with Crippen LogP contribution in [0.15, 0.2) is 18.5 Å². The van der Waals surface area contributed by atoms with Gasteiger partial charge in [0.15, 0.2) is 5.82 Å². The summed E-state index contributed by atoms with van der Waals surface area (Å²) in [6.07, 6.45) is -2.54. The summed E-state index contributed by atoms with van der Waals surface area (Å²) in [7, 11) is 0. The Morgan fingerprint density at radius 2 is 1.61 bits per heavy atom. The van der Waals surface area contributed by atoms with Gasteiger partial charge in [0.05, 0.1) is 5.56 Å². The fourth-order valence-corrected chi connectivity index (χ4v) is 1.63. The minimum atomic E-state index is -4.55. The lowest BCUT2D eigenvalue weighted by Crippen LogP contribution is -2.09. The second-order valence-corrected chi connectivity index (χ2v) is 3.79. The molecule has 0 atom stereocenters. The maximum absolute atomic E-state index is 12.8. The first kappa shape index (κ1) is 13.0. The molecule has 0 fully saturated rings. The van der Waals surface area contributed by atoms with Gasteiger partial charge in [-0.25, -0.2) is 0 Å². The Morgan fingerprint density at radius 1 is 1.00 bits per heavy atom. The van der Waals surface area contributed by atoms with Gasteiger partial charge < -0.3 is 0 Å². The highest BCUT2D eigenvalue weighted by molar-refractivity contribution is 6.31. The molecule has 0 aliphatic rings. The third kappa shape index (κ3) is 2.68. The molecule has 0 N–H and O–H groups in total. The van der Waals surface area contributed by atoms with Crippen LogP contribution in [0.2, 0.25) is 10.6 Å². The molecule has 94 valence electrons. The van der Waals surface area contributed by atoms with E-state index in [4.69, 9.17) is 23.2 Å². The monoisotopic (exact) mass is 294 g/mol. The molecular formula is C9H3Cl2F3N4. The maximum atomic E-state index is 12.8. The van der Waals surface area contributed by atoms with Crippen molar-refractivity contribution in [3.63, 3.8) is 0 Å². The van der Waals surface area contributed by atoms with Crippen molar-refractivity contribution in [2.24, 2.45) is 0 Å². The summed E-state index contributed by atoms with van der Waals surface area (Å²) in [6, 6.07) is 0.820. The highest BCUT2D eigenvalue weighted by Gasteiger charge is 2.34. The standard InChI is InChI=1S/C9H3Cl2F3N4/c10-7-16-6(17-8(11)18-7)4-3-15-2-1-5(4)9(12,13)14/h1-3H. The van der Waals surface area contributed by atoms with Gasteiger partial charge >= 0.3 is 6.18 Å². The van der Waals surface area contributed by atoms with Gasteiger partial charge in [-0.1, -0.05) is 0 Å². The Labute approximate surface area is 109 Å². The molecule has 2 aromatic heterocycles. The number of alkyl halides is 3. The van der Waals surface area contributed by atoms with Crippen LogP contribution in [0.5, 0.6) is 0 Å². The number of rotatable bonds is 1. The van der Waals surface area contributed by atoms with Crippen molar-refractivity contribution in [1.29, 1.82) is 0 Å². The molecule has 0 aliphatic carbocycles. The maximum Gasteiger partial charge on any atom is 0.417 e. The number of nitrogens with zero attached hydrogens (tertiary/aromatic N) is 4. The Balaban J connectivity index is 2.64. The van der Waals surface area contributed by atoms with Crippen LogP contribution in [0, 0.1) is 0 Å². The molecule has 0 unspecified atom stereocenters. The van der Waals surface area contributed by atoms with E-state index in [-0.39, 0.29) is 22.0 Å². The van der Waals surface area contributed by atoms with Gasteiger partial charge in [-0.3, -0.25) is 4.98 Å². The molecular weight excluding hydrogens is 292 g/mol. The number of hydrogen-bond acceptors (Lipinski definition) is 4. The third-order valence-electron chi connectivity index (χ3n) is 1.95. The predicted molar refractivity (Wildman–Crippen MR) is 58.1 cm³/mol. The highest BCUT2D eigenvalue weighted by Crippen LogP contribution is 2.35. The van der Waals surface area contributed by atoms with Crippen molar-refractivity contribution < 1.29 is 13.2 Å². The van der Waals surface area contributed by atoms with Crippen LogP contribution in [0.4, 0.5) is 13.2 Å². The van der Waals surface area contributed by atoms with Gasteiger partial charge in [0.1, 0.15) is 0 Å². The number of aromatic nitrogens is 4. The molecule has 9 heteroatoms. The van der Waals surface area contributed by atoms with Crippen LogP contribution in [0.25, 0.3) is 11.4 Å². The van der Waals surface area contributed by atoms with Crippen molar-refractivity contribution >= 4 is 23.2 Å². The molecule has 0 aromatic carbocycles. The topological polar surface area (TPSA) is 51.6 Å². The van der Waals surface area contributed by atoms with E-state index in [9.17, 15) is 13.2 Å². The lowest BCUT2D eigenvalue weighted by molar-refractivity contribution is -0.137. The number of hydrogen-bond donors (Lipinski definition) is 0. The van der Waals surface area contributed by atoms with E-state index in [0.717, 1.165) is 18.5 Å². The predicted octanol–water partition coefficient (Wildman–Crippen LogP) is 3.26. The first-order valence-electron chi connectivity index (χ1n) is 4.46. The largest absolute Gasteiger partial charge is 0.417 e. The van der Waals surface area contributed by atoms with Crippen molar-refractivity contribution in [1.82, 2.24) is 19.9 Å².